The summed E-state index contributed by atoms with van der Waals surface area (Å²) in [4.78, 5) is 11.0. The molecule has 4 aromatic rings. The summed E-state index contributed by atoms with van der Waals surface area (Å²) in [6.45, 7) is 2.82. The maximum absolute atomic E-state index is 6.56. The Morgan fingerprint density at radius 2 is 1.70 bits per heavy atom. The van der Waals surface area contributed by atoms with Gasteiger partial charge >= 0.3 is 0 Å². The lowest BCUT2D eigenvalue weighted by molar-refractivity contribution is 0.797. The number of fused-ring (bicyclic) bond motifs is 1. The third-order valence-electron chi connectivity index (χ3n) is 5.84. The van der Waals surface area contributed by atoms with Gasteiger partial charge in [-0.05, 0) is 47.9 Å². The van der Waals surface area contributed by atoms with Gasteiger partial charge < -0.3 is 16.0 Å². The molecule has 1 aromatic heterocycles. The number of anilines is 3. The highest BCUT2D eigenvalue weighted by atomic mass is 35.5. The van der Waals surface area contributed by atoms with Gasteiger partial charge in [0.15, 0.2) is 0 Å². The van der Waals surface area contributed by atoms with Crippen molar-refractivity contribution in [2.24, 2.45) is 0 Å². The first-order valence-electron chi connectivity index (χ1n) is 10.9. The Morgan fingerprint density at radius 1 is 0.970 bits per heavy atom. The summed E-state index contributed by atoms with van der Waals surface area (Å²) in [6, 6.07) is 26.4. The molecule has 5 nitrogen and oxygen atoms in total. The quantitative estimate of drug-likeness (QED) is 0.374. The molecule has 0 saturated carbocycles. The maximum atomic E-state index is 6.56. The molecule has 3 aromatic carbocycles. The van der Waals surface area contributed by atoms with Crippen LogP contribution in [0.5, 0.6) is 0 Å². The number of nitrogens with two attached hydrogens (primary N) is 1. The second-order valence-corrected chi connectivity index (χ2v) is 8.43. The zero-order chi connectivity index (χ0) is 22.8. The highest BCUT2D eigenvalue weighted by Gasteiger charge is 2.25. The van der Waals surface area contributed by atoms with Gasteiger partial charge in [0.1, 0.15) is 5.82 Å². The zero-order valence-corrected chi connectivity index (χ0v) is 19.0. The molecule has 1 unspecified atom stereocenters. The highest BCUT2D eigenvalue weighted by molar-refractivity contribution is 6.31. The topological polar surface area (TPSA) is 67.1 Å². The first-order chi connectivity index (χ1) is 16.1. The van der Waals surface area contributed by atoms with Crippen LogP contribution < -0.4 is 16.0 Å². The number of aromatic nitrogens is 2. The summed E-state index contributed by atoms with van der Waals surface area (Å²) in [5.41, 5.74) is 12.4. The van der Waals surface area contributed by atoms with Gasteiger partial charge in [0.2, 0.25) is 5.95 Å². The van der Waals surface area contributed by atoms with E-state index < -0.39 is 0 Å². The van der Waals surface area contributed by atoms with Crippen molar-refractivity contribution in [3.05, 3.63) is 107 Å². The number of halogens is 1. The van der Waals surface area contributed by atoms with Crippen LogP contribution >= 0.6 is 11.6 Å². The largest absolute Gasteiger partial charge is 0.368 e. The van der Waals surface area contributed by atoms with Crippen LogP contribution in [0, 0.1) is 0 Å². The molecule has 0 saturated heterocycles. The van der Waals surface area contributed by atoms with Crippen molar-refractivity contribution in [1.29, 1.82) is 0 Å². The molecule has 2 heterocycles. The molecule has 5 rings (SSSR count). The molecule has 33 heavy (non-hydrogen) atoms. The molecule has 0 bridgehead atoms. The first kappa shape index (κ1) is 21.0. The van der Waals surface area contributed by atoms with Crippen LogP contribution in [-0.4, -0.2) is 16.0 Å². The standard InChI is InChI=1S/C27H24ClN5/c1-18(31-26-22(16-30-27(29)32-26)19-9-4-2-5-10-19)25-15-20-11-8-14-24(28)23(20)17-33(25)21-12-6-3-7-13-21/h2-16,18H,17H2,1H3,(H3,29,30,31,32). The smallest absolute Gasteiger partial charge is 0.221 e. The number of nitrogens with one attached hydrogen (secondary N) is 1. The predicted octanol–water partition coefficient (Wildman–Crippen LogP) is 6.24. The average Bonchev–Trinajstić information content (AvgIpc) is 2.85. The van der Waals surface area contributed by atoms with Gasteiger partial charge in [-0.2, -0.15) is 4.98 Å². The van der Waals surface area contributed by atoms with Gasteiger partial charge in [0.25, 0.3) is 0 Å². The molecular weight excluding hydrogens is 430 g/mol. The summed E-state index contributed by atoms with van der Waals surface area (Å²) in [5.74, 6) is 0.936. The van der Waals surface area contributed by atoms with E-state index >= 15 is 0 Å². The number of hydrogen-bond donors (Lipinski definition) is 2. The number of para-hydroxylation sites is 1. The van der Waals surface area contributed by atoms with Gasteiger partial charge in [0, 0.05) is 34.7 Å². The Bertz CT molecular complexity index is 1300. The second-order valence-electron chi connectivity index (χ2n) is 8.02. The van der Waals surface area contributed by atoms with Crippen LogP contribution in [0.2, 0.25) is 5.02 Å². The third-order valence-corrected chi connectivity index (χ3v) is 6.20. The lowest BCUT2D eigenvalue weighted by Gasteiger charge is -2.36. The second kappa shape index (κ2) is 8.96. The Balaban J connectivity index is 1.55. The fourth-order valence-corrected chi connectivity index (χ4v) is 4.43. The first-order valence-corrected chi connectivity index (χ1v) is 11.2. The lowest BCUT2D eigenvalue weighted by atomic mass is 9.97. The number of hydrogen-bond acceptors (Lipinski definition) is 5. The number of benzene rings is 3. The van der Waals surface area contributed by atoms with Gasteiger partial charge in [0.05, 0.1) is 6.04 Å². The molecule has 0 aliphatic carbocycles. The molecule has 1 aliphatic rings. The molecule has 0 radical (unpaired) electrons. The van der Waals surface area contributed by atoms with Crippen molar-refractivity contribution in [3.63, 3.8) is 0 Å². The van der Waals surface area contributed by atoms with E-state index in [2.05, 4.69) is 51.4 Å². The maximum Gasteiger partial charge on any atom is 0.221 e. The normalized spacial score (nSPS) is 13.8. The predicted molar refractivity (Wildman–Crippen MR) is 137 cm³/mol. The summed E-state index contributed by atoms with van der Waals surface area (Å²) < 4.78 is 0. The van der Waals surface area contributed by atoms with Gasteiger partial charge in [-0.25, -0.2) is 4.98 Å². The molecule has 3 N–H and O–H groups in total. The zero-order valence-electron chi connectivity index (χ0n) is 18.2. The van der Waals surface area contributed by atoms with Crippen LogP contribution in [0.3, 0.4) is 0 Å². The van der Waals surface area contributed by atoms with Crippen molar-refractivity contribution >= 4 is 35.1 Å². The minimum Gasteiger partial charge on any atom is -0.368 e. The van der Waals surface area contributed by atoms with Gasteiger partial charge in [-0.15, -0.1) is 0 Å². The van der Waals surface area contributed by atoms with E-state index in [0.717, 1.165) is 38.7 Å². The minimum absolute atomic E-state index is 0.0610. The monoisotopic (exact) mass is 453 g/mol. The van der Waals surface area contributed by atoms with E-state index in [-0.39, 0.29) is 12.0 Å². The number of nitrogens with zero attached hydrogens (tertiary/aromatic N) is 3. The summed E-state index contributed by atoms with van der Waals surface area (Å²) in [5, 5.41) is 4.37. The summed E-state index contributed by atoms with van der Waals surface area (Å²) >= 11 is 6.56. The van der Waals surface area contributed by atoms with Crippen molar-refractivity contribution < 1.29 is 0 Å². The SMILES string of the molecule is CC(Nc1nc(N)ncc1-c1ccccc1)C1=Cc2cccc(Cl)c2CN1c1ccccc1. The van der Waals surface area contributed by atoms with E-state index in [4.69, 9.17) is 17.3 Å². The fourth-order valence-electron chi connectivity index (χ4n) is 4.18. The average molecular weight is 454 g/mol. The Hall–Kier alpha value is -3.83. The molecule has 0 spiro atoms. The van der Waals surface area contributed by atoms with Crippen LogP contribution in [0.25, 0.3) is 17.2 Å². The number of nitrogen functional groups attached to an aromatic ring is 1. The molecule has 1 aliphatic heterocycles. The lowest BCUT2D eigenvalue weighted by Crippen LogP contribution is -2.35. The minimum atomic E-state index is -0.0610. The number of rotatable bonds is 5. The van der Waals surface area contributed by atoms with Crippen molar-refractivity contribution in [3.8, 4) is 11.1 Å². The Kier molecular flexibility index (Phi) is 5.71. The Morgan fingerprint density at radius 3 is 2.45 bits per heavy atom. The summed E-state index contributed by atoms with van der Waals surface area (Å²) in [6.07, 6.45) is 3.97. The molecule has 164 valence electrons. The van der Waals surface area contributed by atoms with Crippen LogP contribution in [0.4, 0.5) is 17.5 Å². The van der Waals surface area contributed by atoms with E-state index in [1.807, 2.05) is 60.7 Å². The van der Waals surface area contributed by atoms with Gasteiger partial charge in [-0.3, -0.25) is 0 Å². The fraction of sp³-hybridized carbons (Fsp3) is 0.111. The van der Waals surface area contributed by atoms with Crippen LogP contribution in [-0.2, 0) is 6.54 Å². The van der Waals surface area contributed by atoms with Crippen LogP contribution in [0.15, 0.2) is 90.8 Å². The van der Waals surface area contributed by atoms with Gasteiger partial charge in [-0.1, -0.05) is 72.3 Å². The van der Waals surface area contributed by atoms with E-state index in [0.29, 0.717) is 12.4 Å². The van der Waals surface area contributed by atoms with Crippen molar-refractivity contribution in [1.82, 2.24) is 9.97 Å². The van der Waals surface area contributed by atoms with Crippen molar-refractivity contribution in [2.75, 3.05) is 16.0 Å². The third kappa shape index (κ3) is 4.28. The molecule has 0 fully saturated rings. The van der Waals surface area contributed by atoms with E-state index in [1.165, 1.54) is 0 Å². The highest BCUT2D eigenvalue weighted by Crippen LogP contribution is 2.36. The van der Waals surface area contributed by atoms with E-state index in [9.17, 15) is 0 Å². The Labute approximate surface area is 198 Å². The van der Waals surface area contributed by atoms with Crippen LogP contribution in [0.1, 0.15) is 18.1 Å². The summed E-state index contributed by atoms with van der Waals surface area (Å²) in [7, 11) is 0. The molecular formula is C27H24ClN5. The van der Waals surface area contributed by atoms with E-state index in [1.54, 1.807) is 6.20 Å². The van der Waals surface area contributed by atoms with Crippen molar-refractivity contribution in [2.45, 2.75) is 19.5 Å². The molecule has 6 heteroatoms. The molecule has 1 atom stereocenters. The molecule has 0 amide bonds.